The van der Waals surface area contributed by atoms with Crippen LogP contribution in [0.5, 0.6) is 0 Å². The highest BCUT2D eigenvalue weighted by Crippen LogP contribution is 2.22. The summed E-state index contributed by atoms with van der Waals surface area (Å²) in [6, 6.07) is 14.3. The van der Waals surface area contributed by atoms with Crippen LogP contribution in [0.3, 0.4) is 0 Å². The van der Waals surface area contributed by atoms with Gasteiger partial charge in [-0.3, -0.25) is 0 Å². The lowest BCUT2D eigenvalue weighted by Crippen LogP contribution is -2.00. The number of hydrogen-bond donors (Lipinski definition) is 0. The van der Waals surface area contributed by atoms with Gasteiger partial charge in [-0.1, -0.05) is 30.3 Å². The van der Waals surface area contributed by atoms with E-state index in [4.69, 9.17) is 0 Å². The molecule has 0 saturated heterocycles. The van der Waals surface area contributed by atoms with E-state index in [1.54, 1.807) is 12.1 Å². The molecule has 0 spiro atoms. The molecule has 0 aliphatic carbocycles. The molecule has 1 heterocycles. The molecule has 0 aliphatic heterocycles. The van der Waals surface area contributed by atoms with Gasteiger partial charge in [0, 0.05) is 11.6 Å². The summed E-state index contributed by atoms with van der Waals surface area (Å²) in [5.74, 6) is 0.217. The quantitative estimate of drug-likeness (QED) is 0.728. The molecule has 0 saturated carbocycles. The minimum Gasteiger partial charge on any atom is -0.206 e. The maximum absolute atomic E-state index is 13.6. The molecule has 0 aliphatic rings. The SMILES string of the molecule is Fc1cc(-n2nnnc2-c2ccccc2)ccc1Br. The lowest BCUT2D eigenvalue weighted by molar-refractivity contribution is 0.618. The van der Waals surface area contributed by atoms with Crippen molar-refractivity contribution in [1.29, 1.82) is 0 Å². The summed E-state index contributed by atoms with van der Waals surface area (Å²) in [6.45, 7) is 0. The monoisotopic (exact) mass is 318 g/mol. The highest BCUT2D eigenvalue weighted by atomic mass is 79.9. The normalized spacial score (nSPS) is 10.6. The third kappa shape index (κ3) is 2.26. The fourth-order valence-corrected chi connectivity index (χ4v) is 1.99. The standard InChI is InChI=1S/C13H8BrFN4/c14-11-7-6-10(8-12(11)15)19-13(16-17-18-19)9-4-2-1-3-5-9/h1-8H. The van der Waals surface area contributed by atoms with Crippen LogP contribution in [0, 0.1) is 5.82 Å². The highest BCUT2D eigenvalue weighted by Gasteiger charge is 2.11. The molecular weight excluding hydrogens is 311 g/mol. The number of nitrogens with zero attached hydrogens (tertiary/aromatic N) is 4. The van der Waals surface area contributed by atoms with Crippen LogP contribution in [0.1, 0.15) is 0 Å². The molecule has 0 N–H and O–H groups in total. The molecule has 19 heavy (non-hydrogen) atoms. The molecule has 0 radical (unpaired) electrons. The first-order chi connectivity index (χ1) is 9.25. The highest BCUT2D eigenvalue weighted by molar-refractivity contribution is 9.10. The Balaban J connectivity index is 2.12. The van der Waals surface area contributed by atoms with Gasteiger partial charge in [-0.2, -0.15) is 4.68 Å². The molecule has 0 unspecified atom stereocenters. The molecule has 3 aromatic rings. The molecule has 94 valence electrons. The summed E-state index contributed by atoms with van der Waals surface area (Å²) >= 11 is 3.12. The second-order valence-electron chi connectivity index (χ2n) is 3.88. The Labute approximate surface area is 117 Å². The summed E-state index contributed by atoms with van der Waals surface area (Å²) in [4.78, 5) is 0. The minimum atomic E-state index is -0.355. The fraction of sp³-hybridized carbons (Fsp3) is 0. The van der Waals surface area contributed by atoms with Gasteiger partial charge in [-0.15, -0.1) is 5.10 Å². The van der Waals surface area contributed by atoms with E-state index in [9.17, 15) is 4.39 Å². The molecule has 2 aromatic carbocycles. The molecule has 6 heteroatoms. The number of halogens is 2. The summed E-state index contributed by atoms with van der Waals surface area (Å²) < 4.78 is 15.5. The third-order valence-corrected chi connectivity index (χ3v) is 3.29. The maximum Gasteiger partial charge on any atom is 0.187 e. The van der Waals surface area contributed by atoms with Gasteiger partial charge < -0.3 is 0 Å². The van der Waals surface area contributed by atoms with E-state index in [1.807, 2.05) is 30.3 Å². The predicted octanol–water partition coefficient (Wildman–Crippen LogP) is 3.23. The van der Waals surface area contributed by atoms with Crippen molar-refractivity contribution in [3.63, 3.8) is 0 Å². The van der Waals surface area contributed by atoms with Gasteiger partial charge in [0.15, 0.2) is 5.82 Å². The smallest absolute Gasteiger partial charge is 0.187 e. The first kappa shape index (κ1) is 12.0. The molecule has 0 fully saturated rings. The van der Waals surface area contributed by atoms with Crippen LogP contribution in [0.2, 0.25) is 0 Å². The molecule has 0 amide bonds. The number of rotatable bonds is 2. The van der Waals surface area contributed by atoms with E-state index in [0.717, 1.165) is 5.56 Å². The lowest BCUT2D eigenvalue weighted by atomic mass is 10.2. The van der Waals surface area contributed by atoms with Gasteiger partial charge in [-0.05, 0) is 38.5 Å². The molecule has 1 aromatic heterocycles. The van der Waals surface area contributed by atoms with Gasteiger partial charge in [0.25, 0.3) is 0 Å². The first-order valence-corrected chi connectivity index (χ1v) is 6.34. The second kappa shape index (κ2) is 4.89. The van der Waals surface area contributed by atoms with Crippen LogP contribution < -0.4 is 0 Å². The average Bonchev–Trinajstić information content (AvgIpc) is 2.92. The Kier molecular flexibility index (Phi) is 3.08. The Bertz CT molecular complexity index is 712. The Morgan fingerprint density at radius 2 is 1.84 bits per heavy atom. The van der Waals surface area contributed by atoms with Gasteiger partial charge in [-0.25, -0.2) is 4.39 Å². The van der Waals surface area contributed by atoms with Crippen molar-refractivity contribution in [1.82, 2.24) is 20.2 Å². The second-order valence-corrected chi connectivity index (χ2v) is 4.73. The van der Waals surface area contributed by atoms with E-state index < -0.39 is 0 Å². The Morgan fingerprint density at radius 3 is 2.58 bits per heavy atom. The molecular formula is C13H8BrFN4. The van der Waals surface area contributed by atoms with E-state index in [-0.39, 0.29) is 5.82 Å². The van der Waals surface area contributed by atoms with Gasteiger partial charge in [0.2, 0.25) is 0 Å². The van der Waals surface area contributed by atoms with Gasteiger partial charge in [0.05, 0.1) is 10.2 Å². The number of benzene rings is 2. The largest absolute Gasteiger partial charge is 0.206 e. The number of hydrogen-bond acceptors (Lipinski definition) is 3. The predicted molar refractivity (Wildman–Crippen MR) is 72.2 cm³/mol. The van der Waals surface area contributed by atoms with Crippen molar-refractivity contribution < 1.29 is 4.39 Å². The summed E-state index contributed by atoms with van der Waals surface area (Å²) in [6.07, 6.45) is 0. The molecule has 4 nitrogen and oxygen atoms in total. The van der Waals surface area contributed by atoms with Crippen LogP contribution in [0.15, 0.2) is 53.0 Å². The van der Waals surface area contributed by atoms with Crippen LogP contribution >= 0.6 is 15.9 Å². The van der Waals surface area contributed by atoms with Crippen molar-refractivity contribution in [2.45, 2.75) is 0 Å². The van der Waals surface area contributed by atoms with Crippen LogP contribution in [-0.4, -0.2) is 20.2 Å². The number of tetrazole rings is 1. The Hall–Kier alpha value is -2.08. The zero-order valence-corrected chi connectivity index (χ0v) is 11.2. The lowest BCUT2D eigenvalue weighted by Gasteiger charge is -2.05. The summed E-state index contributed by atoms with van der Waals surface area (Å²) in [7, 11) is 0. The zero-order chi connectivity index (χ0) is 13.2. The van der Waals surface area contributed by atoms with Gasteiger partial charge >= 0.3 is 0 Å². The van der Waals surface area contributed by atoms with Crippen molar-refractivity contribution in [2.75, 3.05) is 0 Å². The van der Waals surface area contributed by atoms with Crippen molar-refractivity contribution in [3.8, 4) is 17.1 Å². The van der Waals surface area contributed by atoms with E-state index in [1.165, 1.54) is 10.7 Å². The number of aromatic nitrogens is 4. The van der Waals surface area contributed by atoms with Crippen LogP contribution in [0.4, 0.5) is 4.39 Å². The molecule has 0 bridgehead atoms. The van der Waals surface area contributed by atoms with E-state index in [0.29, 0.717) is 16.0 Å². The van der Waals surface area contributed by atoms with Crippen LogP contribution in [-0.2, 0) is 0 Å². The van der Waals surface area contributed by atoms with E-state index >= 15 is 0 Å². The zero-order valence-electron chi connectivity index (χ0n) is 9.66. The summed E-state index contributed by atoms with van der Waals surface area (Å²) in [5.41, 5.74) is 1.44. The van der Waals surface area contributed by atoms with E-state index in [2.05, 4.69) is 31.5 Å². The molecule has 0 atom stereocenters. The van der Waals surface area contributed by atoms with Crippen molar-refractivity contribution in [3.05, 3.63) is 58.8 Å². The van der Waals surface area contributed by atoms with Gasteiger partial charge in [0.1, 0.15) is 5.82 Å². The average molecular weight is 319 g/mol. The fourth-order valence-electron chi connectivity index (χ4n) is 1.75. The first-order valence-electron chi connectivity index (χ1n) is 5.55. The maximum atomic E-state index is 13.6. The van der Waals surface area contributed by atoms with Crippen LogP contribution in [0.25, 0.3) is 17.1 Å². The van der Waals surface area contributed by atoms with Crippen molar-refractivity contribution >= 4 is 15.9 Å². The Morgan fingerprint density at radius 1 is 1.05 bits per heavy atom. The topological polar surface area (TPSA) is 43.6 Å². The third-order valence-electron chi connectivity index (χ3n) is 2.65. The van der Waals surface area contributed by atoms with Crippen molar-refractivity contribution in [2.24, 2.45) is 0 Å². The molecule has 3 rings (SSSR count). The minimum absolute atomic E-state index is 0.355. The summed E-state index contributed by atoms with van der Waals surface area (Å²) in [5, 5.41) is 11.5.